The molecule has 0 spiro atoms. The summed E-state index contributed by atoms with van der Waals surface area (Å²) in [6.45, 7) is 8.94. The van der Waals surface area contributed by atoms with Crippen LogP contribution in [-0.4, -0.2) is 147 Å². The molecule has 1 rings (SSSR count). The second-order valence-corrected chi connectivity index (χ2v) is 10.6. The molecular formula is C26H50CuN7O7+2. The number of carbonyl (C=O) groups excluding carboxylic acids is 4. The number of Topliss-reactive ketones (excluding diaryl/α,β-unsaturated/α-hetero) is 2. The fourth-order valence-electron chi connectivity index (χ4n) is 4.62. The molecule has 3 atom stereocenters. The van der Waals surface area contributed by atoms with Gasteiger partial charge in [-0.15, -0.1) is 0 Å². The molecule has 0 saturated carbocycles. The third-order valence-corrected chi connectivity index (χ3v) is 7.37. The first-order valence-corrected chi connectivity index (χ1v) is 14.0. The summed E-state index contributed by atoms with van der Waals surface area (Å²) in [7, 11) is 3.94. The first kappa shape index (κ1) is 39.0. The molecule has 1 heterocycles. The number of hydrogen-bond acceptors (Lipinski definition) is 10. The fraction of sp³-hybridized carbons (Fsp3) is 0.808. The summed E-state index contributed by atoms with van der Waals surface area (Å²) < 4.78 is 5.95. The Hall–Kier alpha value is -1.97. The van der Waals surface area contributed by atoms with E-state index in [2.05, 4.69) is 16.1 Å². The number of likely N-dealkylation sites (tertiary alicyclic amines) is 1. The van der Waals surface area contributed by atoms with Crippen molar-refractivity contribution in [2.24, 2.45) is 5.84 Å². The van der Waals surface area contributed by atoms with Gasteiger partial charge >= 0.3 is 23.0 Å². The van der Waals surface area contributed by atoms with E-state index in [1.54, 1.807) is 0 Å². The van der Waals surface area contributed by atoms with E-state index in [0.717, 1.165) is 6.54 Å². The molecular weight excluding hydrogens is 586 g/mol. The summed E-state index contributed by atoms with van der Waals surface area (Å²) in [5.41, 5.74) is 2.14. The molecule has 0 aromatic rings. The van der Waals surface area contributed by atoms with Gasteiger partial charge in [-0.3, -0.25) is 39.6 Å². The van der Waals surface area contributed by atoms with E-state index in [1.807, 2.05) is 37.7 Å². The molecule has 15 heteroatoms. The maximum absolute atomic E-state index is 12.5. The number of nitrogens with two attached hydrogens (primary N) is 1. The van der Waals surface area contributed by atoms with E-state index in [4.69, 9.17) is 15.7 Å². The molecule has 0 aliphatic carbocycles. The standard InChI is InChI=1S/C26H49N7O7.Cu/c1-5-31(3)17-21(34)15-20-16-22(35)19-33(20,4)12-11-32(6-2)18-25(37)29-10-14-40-13-9-28-24(36)8-7-23(30-27)26(38)39;/h20,23,30H,5-19,27H2,1-4H3,(H2-,28,29,36,37,38,39);/q;+1/p+1/t20-,23?,33?;/m0./s1. The number of nitrogens with zero attached hydrogens (tertiary/aromatic N) is 3. The topological polar surface area (TPSA) is 183 Å². The average molecular weight is 636 g/mol. The van der Waals surface area contributed by atoms with Gasteiger partial charge < -0.3 is 25.0 Å². The first-order valence-electron chi connectivity index (χ1n) is 14.0. The third kappa shape index (κ3) is 15.7. The predicted octanol–water partition coefficient (Wildman–Crippen LogP) is -2.05. The van der Waals surface area contributed by atoms with Crippen molar-refractivity contribution in [2.75, 3.05) is 86.2 Å². The van der Waals surface area contributed by atoms with Crippen molar-refractivity contribution in [3.63, 3.8) is 0 Å². The quantitative estimate of drug-likeness (QED) is 0.0290. The number of nitrogens with one attached hydrogen (secondary N) is 3. The number of carboxylic acid groups (broad SMARTS) is 1. The Labute approximate surface area is 254 Å². The number of quaternary nitrogens is 1. The Balaban J connectivity index is 0.0000160. The van der Waals surface area contributed by atoms with E-state index < -0.39 is 12.0 Å². The van der Waals surface area contributed by atoms with E-state index in [0.29, 0.717) is 56.6 Å². The summed E-state index contributed by atoms with van der Waals surface area (Å²) in [5, 5.41) is 14.4. The molecule has 1 aliphatic heterocycles. The zero-order valence-corrected chi connectivity index (χ0v) is 25.8. The van der Waals surface area contributed by atoms with Crippen molar-refractivity contribution in [2.45, 2.75) is 51.6 Å². The van der Waals surface area contributed by atoms with Crippen LogP contribution in [0.4, 0.5) is 0 Å². The van der Waals surface area contributed by atoms with Crippen LogP contribution in [0.1, 0.15) is 39.5 Å². The number of rotatable bonds is 22. The van der Waals surface area contributed by atoms with E-state index >= 15 is 0 Å². The Morgan fingerprint density at radius 3 is 2.29 bits per heavy atom. The van der Waals surface area contributed by atoms with Crippen LogP contribution in [0, 0.1) is 0 Å². The molecule has 0 bridgehead atoms. The molecule has 1 fully saturated rings. The van der Waals surface area contributed by atoms with Gasteiger partial charge in [0, 0.05) is 26.1 Å². The Kier molecular flexibility index (Phi) is 19.8. The Bertz CT molecular complexity index is 851. The molecule has 0 aromatic heterocycles. The number of aliphatic carboxylic acids is 1. The number of hydrazine groups is 1. The number of amides is 2. The SMILES string of the molecule is CCN(C)CC(=O)C[C@H]1CC(=O)C[N+]1(C)CCN(CC)CC(=O)NCCOCCNC(=O)CCC(NN)C(=O)O.[Cu+]. The smallest absolute Gasteiger partial charge is 0.480 e. The number of ether oxygens (including phenoxy) is 1. The molecule has 41 heavy (non-hydrogen) atoms. The minimum absolute atomic E-state index is 0. The van der Waals surface area contributed by atoms with Crippen LogP contribution >= 0.6 is 0 Å². The van der Waals surface area contributed by atoms with Gasteiger partial charge in [0.1, 0.15) is 18.6 Å². The van der Waals surface area contributed by atoms with Gasteiger partial charge in [-0.2, -0.15) is 0 Å². The molecule has 6 N–H and O–H groups in total. The van der Waals surface area contributed by atoms with Crippen LogP contribution in [-0.2, 0) is 45.8 Å². The maximum Gasteiger partial charge on any atom is 1.00 e. The summed E-state index contributed by atoms with van der Waals surface area (Å²) in [6, 6.07) is -1.00. The Morgan fingerprint density at radius 2 is 1.73 bits per heavy atom. The van der Waals surface area contributed by atoms with Crippen LogP contribution in [0.15, 0.2) is 0 Å². The van der Waals surface area contributed by atoms with Gasteiger partial charge in [-0.1, -0.05) is 13.8 Å². The normalized spacial score (nSPS) is 19.2. The molecule has 2 amide bonds. The monoisotopic (exact) mass is 635 g/mol. The van der Waals surface area contributed by atoms with Crippen LogP contribution in [0.25, 0.3) is 0 Å². The van der Waals surface area contributed by atoms with Crippen LogP contribution < -0.4 is 21.9 Å². The van der Waals surface area contributed by atoms with Gasteiger partial charge in [0.15, 0.2) is 11.6 Å². The van der Waals surface area contributed by atoms with Gasteiger partial charge in [-0.05, 0) is 26.6 Å². The fourth-order valence-corrected chi connectivity index (χ4v) is 4.62. The minimum atomic E-state index is -1.12. The number of carbonyl (C=O) groups is 5. The van der Waals surface area contributed by atoms with Crippen LogP contribution in [0.3, 0.4) is 0 Å². The van der Waals surface area contributed by atoms with Crippen molar-refractivity contribution in [1.29, 1.82) is 0 Å². The van der Waals surface area contributed by atoms with E-state index in [-0.39, 0.29) is 85.6 Å². The van der Waals surface area contributed by atoms with Crippen molar-refractivity contribution in [3.05, 3.63) is 0 Å². The summed E-state index contributed by atoms with van der Waals surface area (Å²) in [4.78, 5) is 63.8. The maximum atomic E-state index is 12.5. The second kappa shape index (κ2) is 20.8. The van der Waals surface area contributed by atoms with Gasteiger partial charge in [0.25, 0.3) is 0 Å². The van der Waals surface area contributed by atoms with Gasteiger partial charge in [0.05, 0.1) is 52.7 Å². The Morgan fingerprint density at radius 1 is 1.10 bits per heavy atom. The minimum Gasteiger partial charge on any atom is -0.480 e. The number of likely N-dealkylation sites (N-methyl/N-ethyl adjacent to an activating group) is 3. The number of ketones is 2. The second-order valence-electron chi connectivity index (χ2n) is 10.6. The average Bonchev–Trinajstić information content (AvgIpc) is 3.18. The molecule has 0 aromatic carbocycles. The van der Waals surface area contributed by atoms with E-state index in [9.17, 15) is 24.0 Å². The zero-order chi connectivity index (χ0) is 30.1. The summed E-state index contributed by atoms with van der Waals surface area (Å²) >= 11 is 0. The molecule has 2 unspecified atom stereocenters. The van der Waals surface area contributed by atoms with Gasteiger partial charge in [0.2, 0.25) is 11.8 Å². The molecule has 0 radical (unpaired) electrons. The molecule has 1 saturated heterocycles. The zero-order valence-electron chi connectivity index (χ0n) is 24.9. The van der Waals surface area contributed by atoms with Crippen molar-refractivity contribution in [3.8, 4) is 0 Å². The van der Waals surface area contributed by atoms with Crippen LogP contribution in [0.2, 0.25) is 0 Å². The van der Waals surface area contributed by atoms with E-state index in [1.165, 1.54) is 0 Å². The summed E-state index contributed by atoms with van der Waals surface area (Å²) in [6.07, 6.45) is 0.910. The van der Waals surface area contributed by atoms with Gasteiger partial charge in [-0.25, -0.2) is 5.43 Å². The molecule has 14 nitrogen and oxygen atoms in total. The number of hydrogen-bond donors (Lipinski definition) is 5. The predicted molar refractivity (Wildman–Crippen MR) is 149 cm³/mol. The largest absolute Gasteiger partial charge is 1.00 e. The molecule has 1 aliphatic rings. The number of carboxylic acids is 1. The third-order valence-electron chi connectivity index (χ3n) is 7.37. The summed E-state index contributed by atoms with van der Waals surface area (Å²) in [5.74, 6) is 3.92. The first-order chi connectivity index (χ1) is 18.9. The van der Waals surface area contributed by atoms with Crippen molar-refractivity contribution < 1.29 is 55.4 Å². The molecule has 240 valence electrons. The van der Waals surface area contributed by atoms with Crippen molar-refractivity contribution >= 4 is 29.4 Å². The van der Waals surface area contributed by atoms with Crippen molar-refractivity contribution in [1.82, 2.24) is 25.9 Å². The van der Waals surface area contributed by atoms with Crippen LogP contribution in [0.5, 0.6) is 0 Å².